The predicted molar refractivity (Wildman–Crippen MR) is 114 cm³/mol. The molecule has 0 saturated carbocycles. The second kappa shape index (κ2) is 7.60. The third-order valence-corrected chi connectivity index (χ3v) is 6.30. The van der Waals surface area contributed by atoms with E-state index in [0.29, 0.717) is 6.04 Å². The summed E-state index contributed by atoms with van der Waals surface area (Å²) < 4.78 is 0. The number of aromatic amines is 1. The van der Waals surface area contributed by atoms with Crippen LogP contribution in [0.1, 0.15) is 30.7 Å². The van der Waals surface area contributed by atoms with Crippen molar-refractivity contribution < 1.29 is 4.79 Å². The molecular weight excluding hydrogens is 356 g/mol. The van der Waals surface area contributed by atoms with Crippen molar-refractivity contribution in [3.63, 3.8) is 0 Å². The van der Waals surface area contributed by atoms with Crippen molar-refractivity contribution in [2.24, 2.45) is 0 Å². The quantitative estimate of drug-likeness (QED) is 0.741. The van der Waals surface area contributed by atoms with Gasteiger partial charge < -0.3 is 20.5 Å². The number of urea groups is 1. The zero-order chi connectivity index (χ0) is 19.0. The summed E-state index contributed by atoms with van der Waals surface area (Å²) in [6, 6.07) is 6.87. The van der Waals surface area contributed by atoms with Crippen LogP contribution in [-0.4, -0.2) is 53.9 Å². The largest absolute Gasteiger partial charge is 0.357 e. The minimum atomic E-state index is 0.0145. The molecule has 2 amide bonds. The fraction of sp³-hybridized carbons (Fsp3) is 0.476. The van der Waals surface area contributed by atoms with Crippen LogP contribution in [-0.2, 0) is 12.2 Å². The lowest BCUT2D eigenvalue weighted by molar-refractivity contribution is 0.200. The number of carbonyl (C=O) groups is 1. The zero-order valence-electron chi connectivity index (χ0n) is 16.3. The van der Waals surface area contributed by atoms with Crippen molar-refractivity contribution in [3.05, 3.63) is 41.1 Å². The first-order valence-electron chi connectivity index (χ1n) is 9.78. The lowest BCUT2D eigenvalue weighted by Crippen LogP contribution is -2.52. The molecule has 5 nitrogen and oxygen atoms in total. The van der Waals surface area contributed by atoms with E-state index in [2.05, 4.69) is 46.1 Å². The van der Waals surface area contributed by atoms with Crippen LogP contribution in [0.2, 0.25) is 0 Å². The van der Waals surface area contributed by atoms with Gasteiger partial charge in [-0.15, -0.1) is 0 Å². The van der Waals surface area contributed by atoms with Crippen LogP contribution in [0.3, 0.4) is 0 Å². The zero-order valence-corrected chi connectivity index (χ0v) is 17.1. The Bertz CT molecular complexity index is 884. The molecule has 1 aliphatic heterocycles. The van der Waals surface area contributed by atoms with Crippen LogP contribution in [0, 0.1) is 0 Å². The summed E-state index contributed by atoms with van der Waals surface area (Å²) in [4.78, 5) is 17.9. The average molecular weight is 385 g/mol. The van der Waals surface area contributed by atoms with Crippen LogP contribution in [0.5, 0.6) is 0 Å². The van der Waals surface area contributed by atoms with Gasteiger partial charge >= 0.3 is 6.03 Å². The maximum Gasteiger partial charge on any atom is 0.317 e. The predicted octanol–water partition coefficient (Wildman–Crippen LogP) is 3.36. The van der Waals surface area contributed by atoms with E-state index in [-0.39, 0.29) is 12.1 Å². The number of amides is 2. The number of thioether (sulfide) groups is 1. The maximum absolute atomic E-state index is 12.4. The van der Waals surface area contributed by atoms with Gasteiger partial charge in [0.2, 0.25) is 0 Å². The molecule has 2 aromatic rings. The fourth-order valence-corrected chi connectivity index (χ4v) is 4.93. The average Bonchev–Trinajstić information content (AvgIpc) is 3.02. The Hall–Kier alpha value is -1.92. The number of aromatic nitrogens is 1. The molecule has 144 valence electrons. The molecule has 0 unspecified atom stereocenters. The van der Waals surface area contributed by atoms with Crippen molar-refractivity contribution in [2.45, 2.75) is 38.1 Å². The van der Waals surface area contributed by atoms with Gasteiger partial charge in [0.25, 0.3) is 0 Å². The Morgan fingerprint density at radius 1 is 1.33 bits per heavy atom. The Balaban J connectivity index is 1.68. The van der Waals surface area contributed by atoms with Crippen LogP contribution in [0.25, 0.3) is 16.5 Å². The first kappa shape index (κ1) is 18.4. The van der Waals surface area contributed by atoms with Crippen LogP contribution in [0.4, 0.5) is 4.79 Å². The van der Waals surface area contributed by atoms with Gasteiger partial charge in [0, 0.05) is 48.0 Å². The molecule has 27 heavy (non-hydrogen) atoms. The lowest BCUT2D eigenvalue weighted by Gasteiger charge is -2.35. The molecule has 0 spiro atoms. The summed E-state index contributed by atoms with van der Waals surface area (Å²) in [6.07, 6.45) is 5.42. The molecule has 2 aliphatic rings. The van der Waals surface area contributed by atoms with E-state index in [4.69, 9.17) is 0 Å². The molecule has 2 atom stereocenters. The second-order valence-corrected chi connectivity index (χ2v) is 8.12. The van der Waals surface area contributed by atoms with Gasteiger partial charge in [0.05, 0.1) is 6.04 Å². The van der Waals surface area contributed by atoms with Crippen molar-refractivity contribution in [1.29, 1.82) is 0 Å². The van der Waals surface area contributed by atoms with Gasteiger partial charge in [0.1, 0.15) is 0 Å². The summed E-state index contributed by atoms with van der Waals surface area (Å²) >= 11 is 1.85. The van der Waals surface area contributed by atoms with Crippen LogP contribution < -0.4 is 10.6 Å². The molecule has 2 heterocycles. The number of H-pyrrole nitrogens is 1. The molecule has 1 aromatic carbocycles. The molecule has 1 aliphatic carbocycles. The Morgan fingerprint density at radius 3 is 2.89 bits per heavy atom. The number of hydrogen-bond donors (Lipinski definition) is 3. The topological polar surface area (TPSA) is 60.2 Å². The maximum atomic E-state index is 12.4. The molecule has 0 saturated heterocycles. The van der Waals surface area contributed by atoms with E-state index in [0.717, 1.165) is 31.8 Å². The lowest BCUT2D eigenvalue weighted by atomic mass is 9.81. The second-order valence-electron chi connectivity index (χ2n) is 7.26. The summed E-state index contributed by atoms with van der Waals surface area (Å²) in [6.45, 7) is 6.25. The van der Waals surface area contributed by atoms with Gasteiger partial charge in [0.15, 0.2) is 0 Å². The number of carbonyl (C=O) groups excluding carboxylic acids is 1. The van der Waals surface area contributed by atoms with Gasteiger partial charge in [-0.2, -0.15) is 11.8 Å². The van der Waals surface area contributed by atoms with Gasteiger partial charge in [-0.3, -0.25) is 0 Å². The van der Waals surface area contributed by atoms with E-state index in [1.165, 1.54) is 33.3 Å². The first-order chi connectivity index (χ1) is 13.2. The molecule has 0 fully saturated rings. The number of nitrogens with one attached hydrogen (secondary N) is 3. The third-order valence-electron chi connectivity index (χ3n) is 5.72. The van der Waals surface area contributed by atoms with Crippen molar-refractivity contribution in [3.8, 4) is 0 Å². The molecule has 6 heteroatoms. The standard InChI is InChI=1S/C21H28N4OS/c1-4-25(5-2)21(26)23-13-9-15-14-7-6-8-17-20(14)16(10-18(15)22-11-13)19(24-17)12-27-3/h6-9,13,18,22,24H,4-5,10-12H2,1-3H3,(H,23,26)/t13-,18+/m0/s1. The van der Waals surface area contributed by atoms with E-state index < -0.39 is 0 Å². The summed E-state index contributed by atoms with van der Waals surface area (Å²) in [7, 11) is 0. The fourth-order valence-electron chi connectivity index (χ4n) is 4.39. The van der Waals surface area contributed by atoms with Crippen LogP contribution in [0.15, 0.2) is 24.3 Å². The first-order valence-corrected chi connectivity index (χ1v) is 11.2. The highest BCUT2D eigenvalue weighted by Gasteiger charge is 2.32. The smallest absolute Gasteiger partial charge is 0.317 e. The van der Waals surface area contributed by atoms with Gasteiger partial charge in [-0.25, -0.2) is 4.79 Å². The van der Waals surface area contributed by atoms with E-state index >= 15 is 0 Å². The van der Waals surface area contributed by atoms with Gasteiger partial charge in [-0.05, 0) is 49.3 Å². The Morgan fingerprint density at radius 2 is 2.15 bits per heavy atom. The monoisotopic (exact) mass is 384 g/mol. The van der Waals surface area contributed by atoms with Crippen LogP contribution >= 0.6 is 11.8 Å². The minimum Gasteiger partial charge on any atom is -0.357 e. The highest BCUT2D eigenvalue weighted by molar-refractivity contribution is 7.97. The number of benzene rings is 1. The van der Waals surface area contributed by atoms with E-state index in [1.54, 1.807) is 0 Å². The summed E-state index contributed by atoms with van der Waals surface area (Å²) in [5.41, 5.74) is 6.65. The number of hydrogen-bond acceptors (Lipinski definition) is 3. The SMILES string of the molecule is CCN(CC)C(=O)N[C@H]1C=C2c3cccc4[nH]c(CSC)c(c34)C[C@H]2NC1. The third kappa shape index (κ3) is 3.25. The molecule has 0 radical (unpaired) electrons. The minimum absolute atomic E-state index is 0.0145. The number of nitrogens with zero attached hydrogens (tertiary/aromatic N) is 1. The highest BCUT2D eigenvalue weighted by atomic mass is 32.2. The number of fused-ring (bicyclic) bond motifs is 2. The van der Waals surface area contributed by atoms with Crippen molar-refractivity contribution in [2.75, 3.05) is 25.9 Å². The molecule has 4 rings (SSSR count). The molecule has 1 aromatic heterocycles. The van der Waals surface area contributed by atoms with E-state index in [9.17, 15) is 4.79 Å². The molecule has 0 bridgehead atoms. The molecule has 3 N–H and O–H groups in total. The summed E-state index contributed by atoms with van der Waals surface area (Å²) in [5.74, 6) is 1.01. The normalized spacial score (nSPS) is 20.9. The van der Waals surface area contributed by atoms with E-state index in [1.807, 2.05) is 30.5 Å². The van der Waals surface area contributed by atoms with Crippen molar-refractivity contribution >= 4 is 34.3 Å². The Labute approximate surface area is 165 Å². The summed E-state index contributed by atoms with van der Waals surface area (Å²) in [5, 5.41) is 8.21. The molecular formula is C21H28N4OS. The van der Waals surface area contributed by atoms with Gasteiger partial charge in [-0.1, -0.05) is 18.2 Å². The van der Waals surface area contributed by atoms with Crippen molar-refractivity contribution in [1.82, 2.24) is 20.5 Å². The Kier molecular flexibility index (Phi) is 5.19. The number of rotatable bonds is 5. The highest BCUT2D eigenvalue weighted by Crippen LogP contribution is 2.40.